The maximum Gasteiger partial charge on any atom is 0.158 e. The molecule has 86 valence electrons. The van der Waals surface area contributed by atoms with Crippen LogP contribution in [0.4, 0.5) is 0 Å². The van der Waals surface area contributed by atoms with E-state index in [0.29, 0.717) is 17.7 Å². The molecule has 0 aromatic carbocycles. The molecule has 0 aliphatic heterocycles. The number of hydrogen-bond acceptors (Lipinski definition) is 3. The number of rotatable bonds is 5. The number of nitrogens with zero attached hydrogens (tertiary/aromatic N) is 3. The molecule has 0 fully saturated rings. The number of aliphatic hydroxyl groups excluding tert-OH is 1. The second-order valence-corrected chi connectivity index (χ2v) is 4.79. The van der Waals surface area contributed by atoms with Crippen LogP contribution < -0.4 is 0 Å². The van der Waals surface area contributed by atoms with Crippen LogP contribution in [0.25, 0.3) is 0 Å². The molecule has 0 amide bonds. The van der Waals surface area contributed by atoms with Gasteiger partial charge in [0.2, 0.25) is 0 Å². The molecule has 0 radical (unpaired) electrons. The van der Waals surface area contributed by atoms with Crippen LogP contribution in [0.15, 0.2) is 0 Å². The van der Waals surface area contributed by atoms with Crippen molar-refractivity contribution in [3.63, 3.8) is 0 Å². The molecule has 1 heterocycles. The van der Waals surface area contributed by atoms with E-state index in [0.717, 1.165) is 18.8 Å². The van der Waals surface area contributed by atoms with Gasteiger partial charge in [0.05, 0.1) is 0 Å². The summed E-state index contributed by atoms with van der Waals surface area (Å²) in [5.74, 6) is 2.77. The normalized spacial score (nSPS) is 11.7. The average Bonchev–Trinajstić information content (AvgIpc) is 2.47. The molecule has 1 aromatic heterocycles. The second-order valence-electron chi connectivity index (χ2n) is 4.79. The van der Waals surface area contributed by atoms with Crippen LogP contribution in [0.3, 0.4) is 0 Å². The standard InChI is InChI=1S/C11H21N3O/c1-8(2)5-10-12-13-11(7-15)14(10)6-9(3)4/h8-9,15H,5-7H2,1-4H3. The minimum atomic E-state index is -0.0299. The van der Waals surface area contributed by atoms with Gasteiger partial charge >= 0.3 is 0 Å². The summed E-state index contributed by atoms with van der Waals surface area (Å²) in [5.41, 5.74) is 0. The maximum atomic E-state index is 9.16. The van der Waals surface area contributed by atoms with Gasteiger partial charge in [-0.05, 0) is 11.8 Å². The smallest absolute Gasteiger partial charge is 0.158 e. The van der Waals surface area contributed by atoms with E-state index in [1.165, 1.54) is 0 Å². The van der Waals surface area contributed by atoms with Gasteiger partial charge in [0.25, 0.3) is 0 Å². The van der Waals surface area contributed by atoms with Gasteiger partial charge < -0.3 is 9.67 Å². The van der Waals surface area contributed by atoms with Crippen LogP contribution in [-0.4, -0.2) is 19.9 Å². The molecular weight excluding hydrogens is 190 g/mol. The molecule has 0 saturated heterocycles. The van der Waals surface area contributed by atoms with Crippen LogP contribution >= 0.6 is 0 Å². The molecule has 1 N–H and O–H groups in total. The highest BCUT2D eigenvalue weighted by Crippen LogP contribution is 2.11. The largest absolute Gasteiger partial charge is 0.388 e. The fraction of sp³-hybridized carbons (Fsp3) is 0.818. The van der Waals surface area contributed by atoms with Crippen LogP contribution in [-0.2, 0) is 19.6 Å². The zero-order chi connectivity index (χ0) is 11.4. The summed E-state index contributed by atoms with van der Waals surface area (Å²) < 4.78 is 2.05. The van der Waals surface area contributed by atoms with Crippen molar-refractivity contribution < 1.29 is 5.11 Å². The summed E-state index contributed by atoms with van der Waals surface area (Å²) in [6, 6.07) is 0. The molecule has 0 aliphatic carbocycles. The lowest BCUT2D eigenvalue weighted by Crippen LogP contribution is -2.13. The molecule has 1 rings (SSSR count). The highest BCUT2D eigenvalue weighted by Gasteiger charge is 2.13. The van der Waals surface area contributed by atoms with Crippen LogP contribution in [0, 0.1) is 11.8 Å². The predicted molar refractivity (Wildman–Crippen MR) is 59.3 cm³/mol. The Morgan fingerprint density at radius 3 is 2.13 bits per heavy atom. The Balaban J connectivity index is 2.89. The Morgan fingerprint density at radius 1 is 1.07 bits per heavy atom. The van der Waals surface area contributed by atoms with E-state index in [-0.39, 0.29) is 6.61 Å². The van der Waals surface area contributed by atoms with Crippen molar-refractivity contribution in [3.8, 4) is 0 Å². The van der Waals surface area contributed by atoms with Gasteiger partial charge in [-0.3, -0.25) is 0 Å². The third kappa shape index (κ3) is 3.30. The van der Waals surface area contributed by atoms with Gasteiger partial charge in [0.1, 0.15) is 12.4 Å². The maximum absolute atomic E-state index is 9.16. The van der Waals surface area contributed by atoms with Crippen molar-refractivity contribution in [1.29, 1.82) is 0 Å². The minimum Gasteiger partial charge on any atom is -0.388 e. The molecule has 0 bridgehead atoms. The zero-order valence-electron chi connectivity index (χ0n) is 10.1. The van der Waals surface area contributed by atoms with E-state index in [9.17, 15) is 0 Å². The Morgan fingerprint density at radius 2 is 1.67 bits per heavy atom. The third-order valence-electron chi connectivity index (χ3n) is 2.18. The Labute approximate surface area is 91.3 Å². The van der Waals surface area contributed by atoms with Crippen molar-refractivity contribution in [2.75, 3.05) is 0 Å². The van der Waals surface area contributed by atoms with Gasteiger partial charge in [-0.15, -0.1) is 10.2 Å². The Bertz CT molecular complexity index is 305. The first kappa shape index (κ1) is 12.2. The lowest BCUT2D eigenvalue weighted by molar-refractivity contribution is 0.261. The fourth-order valence-electron chi connectivity index (χ4n) is 1.58. The van der Waals surface area contributed by atoms with E-state index >= 15 is 0 Å². The van der Waals surface area contributed by atoms with E-state index in [1.54, 1.807) is 0 Å². The number of aliphatic hydroxyl groups is 1. The van der Waals surface area contributed by atoms with Crippen molar-refractivity contribution in [3.05, 3.63) is 11.6 Å². The zero-order valence-corrected chi connectivity index (χ0v) is 10.1. The van der Waals surface area contributed by atoms with Gasteiger partial charge in [-0.2, -0.15) is 0 Å². The summed E-state index contributed by atoms with van der Waals surface area (Å²) in [6.45, 7) is 9.48. The topological polar surface area (TPSA) is 50.9 Å². The van der Waals surface area contributed by atoms with E-state index < -0.39 is 0 Å². The van der Waals surface area contributed by atoms with Crippen molar-refractivity contribution in [2.24, 2.45) is 11.8 Å². The molecule has 0 aliphatic rings. The lowest BCUT2D eigenvalue weighted by atomic mass is 10.1. The first-order valence-electron chi connectivity index (χ1n) is 5.56. The number of aromatic nitrogens is 3. The summed E-state index contributed by atoms with van der Waals surface area (Å²) in [6.07, 6.45) is 0.916. The molecule has 4 nitrogen and oxygen atoms in total. The highest BCUT2D eigenvalue weighted by molar-refractivity contribution is 4.96. The van der Waals surface area contributed by atoms with E-state index in [2.05, 4.69) is 37.9 Å². The Hall–Kier alpha value is -0.900. The lowest BCUT2D eigenvalue weighted by Gasteiger charge is -2.12. The van der Waals surface area contributed by atoms with E-state index in [1.807, 2.05) is 4.57 Å². The van der Waals surface area contributed by atoms with Crippen molar-refractivity contribution >= 4 is 0 Å². The first-order chi connectivity index (χ1) is 7.04. The molecule has 4 heteroatoms. The fourth-order valence-corrected chi connectivity index (χ4v) is 1.58. The molecular formula is C11H21N3O. The molecule has 0 unspecified atom stereocenters. The van der Waals surface area contributed by atoms with Crippen molar-refractivity contribution in [1.82, 2.24) is 14.8 Å². The molecule has 1 aromatic rings. The van der Waals surface area contributed by atoms with Gasteiger partial charge in [0, 0.05) is 13.0 Å². The quantitative estimate of drug-likeness (QED) is 0.805. The summed E-state index contributed by atoms with van der Waals surface area (Å²) in [7, 11) is 0. The molecule has 0 atom stereocenters. The molecule has 15 heavy (non-hydrogen) atoms. The third-order valence-corrected chi connectivity index (χ3v) is 2.18. The predicted octanol–water partition coefficient (Wildman–Crippen LogP) is 1.62. The van der Waals surface area contributed by atoms with Crippen LogP contribution in [0.5, 0.6) is 0 Å². The summed E-state index contributed by atoms with van der Waals surface area (Å²) >= 11 is 0. The monoisotopic (exact) mass is 211 g/mol. The van der Waals surface area contributed by atoms with Crippen molar-refractivity contribution in [2.45, 2.75) is 47.3 Å². The van der Waals surface area contributed by atoms with Gasteiger partial charge in [0.15, 0.2) is 5.82 Å². The average molecular weight is 211 g/mol. The molecule has 0 spiro atoms. The minimum absolute atomic E-state index is 0.0299. The summed E-state index contributed by atoms with van der Waals surface area (Å²) in [5, 5.41) is 17.3. The second kappa shape index (κ2) is 5.26. The van der Waals surface area contributed by atoms with Gasteiger partial charge in [-0.1, -0.05) is 27.7 Å². The van der Waals surface area contributed by atoms with Gasteiger partial charge in [-0.25, -0.2) is 0 Å². The Kier molecular flexibility index (Phi) is 4.27. The summed E-state index contributed by atoms with van der Waals surface area (Å²) in [4.78, 5) is 0. The van der Waals surface area contributed by atoms with Crippen LogP contribution in [0.2, 0.25) is 0 Å². The first-order valence-corrected chi connectivity index (χ1v) is 5.56. The van der Waals surface area contributed by atoms with E-state index in [4.69, 9.17) is 5.11 Å². The number of hydrogen-bond donors (Lipinski definition) is 1. The van der Waals surface area contributed by atoms with Crippen LogP contribution in [0.1, 0.15) is 39.3 Å². The highest BCUT2D eigenvalue weighted by atomic mass is 16.3. The molecule has 0 saturated carbocycles. The SMILES string of the molecule is CC(C)Cc1nnc(CO)n1CC(C)C.